The fraction of sp³-hybridized carbons (Fsp3) is 1.00. The Kier molecular flexibility index (Phi) is 15.4. The van der Waals surface area contributed by atoms with Gasteiger partial charge in [0.05, 0.1) is 0 Å². The van der Waals surface area contributed by atoms with E-state index in [9.17, 15) is 0 Å². The molecule has 0 atom stereocenters. The van der Waals surface area contributed by atoms with Crippen LogP contribution < -0.4 is 0 Å². The van der Waals surface area contributed by atoms with Crippen LogP contribution in [0.4, 0.5) is 0 Å². The van der Waals surface area contributed by atoms with Crippen LogP contribution in [0.25, 0.3) is 0 Å². The van der Waals surface area contributed by atoms with Crippen molar-refractivity contribution in [1.29, 1.82) is 0 Å². The number of hydrogen-bond acceptors (Lipinski definition) is 13. The summed E-state index contributed by atoms with van der Waals surface area (Å²) in [4.78, 5) is 0. The molecule has 0 aromatic heterocycles. The maximum atomic E-state index is 7.82. The Labute approximate surface area is 352 Å². The Balaban J connectivity index is 2.00. The molecule has 6 fully saturated rings. The van der Waals surface area contributed by atoms with E-state index in [4.69, 9.17) is 52.8 Å². The van der Waals surface area contributed by atoms with E-state index in [1.807, 2.05) is 0 Å². The van der Waals surface area contributed by atoms with Crippen molar-refractivity contribution < 1.29 is 52.8 Å². The van der Waals surface area contributed by atoms with Gasteiger partial charge in [0.1, 0.15) is 0 Å². The van der Waals surface area contributed by atoms with Gasteiger partial charge in [-0.3, -0.25) is 0 Å². The number of hydrogen-bond donors (Lipinski definition) is 0. The molecule has 328 valence electrons. The van der Waals surface area contributed by atoms with Crippen molar-refractivity contribution in [3.05, 3.63) is 0 Å². The van der Waals surface area contributed by atoms with Crippen molar-refractivity contribution >= 4 is 84.3 Å². The van der Waals surface area contributed by atoms with E-state index in [-0.39, 0.29) is 41.4 Å². The first kappa shape index (κ1) is 48.8. The van der Waals surface area contributed by atoms with Gasteiger partial charge in [0, 0.05) is 0 Å². The molecule has 0 saturated carbocycles. The topological polar surface area (TPSA) is 120 Å². The van der Waals surface area contributed by atoms with Crippen molar-refractivity contribution in [3.8, 4) is 0 Å². The van der Waals surface area contributed by atoms with Gasteiger partial charge in [-0.15, -0.1) is 0 Å². The molecule has 0 aromatic carbocycles. The van der Waals surface area contributed by atoms with Gasteiger partial charge in [0.2, 0.25) is 0 Å². The quantitative estimate of drug-likeness (QED) is 0.114. The Bertz CT molecular complexity index is 1190. The molecule has 13 nitrogen and oxygen atoms in total. The molecule has 0 amide bonds. The molecule has 8 bridgehead atoms. The van der Waals surface area contributed by atoms with Crippen molar-refractivity contribution in [1.82, 2.24) is 0 Å². The zero-order valence-corrected chi connectivity index (χ0v) is 48.0. The predicted octanol–water partition coefficient (Wildman–Crippen LogP) is 9.88. The molecule has 22 heteroatoms. The molecule has 56 heavy (non-hydrogen) atoms. The molecule has 0 N–H and O–H groups in total. The van der Waals surface area contributed by atoms with Crippen molar-refractivity contribution in [2.75, 3.05) is 0 Å². The molecule has 6 rings (SSSR count). The zero-order valence-electron chi connectivity index (χ0n) is 37.9. The molecule has 6 aliphatic rings. The van der Waals surface area contributed by atoms with Gasteiger partial charge in [-0.1, -0.05) is 0 Å². The fourth-order valence-electron chi connectivity index (χ4n) is 8.87. The van der Waals surface area contributed by atoms with E-state index in [0.29, 0.717) is 42.3 Å². The molecule has 6 heterocycles. The van der Waals surface area contributed by atoms with E-state index in [2.05, 4.69) is 118 Å². The third-order valence-electron chi connectivity index (χ3n) is 10.5. The molecule has 6 saturated heterocycles. The van der Waals surface area contributed by atoms with E-state index in [1.54, 1.807) is 0 Å². The van der Waals surface area contributed by atoms with Gasteiger partial charge < -0.3 is 0 Å². The Morgan fingerprint density at radius 2 is 0.464 bits per heavy atom. The third kappa shape index (κ3) is 10.9. The molecular formula is C34H78GeO13Si8. The van der Waals surface area contributed by atoms with E-state index < -0.39 is 84.3 Å². The summed E-state index contributed by atoms with van der Waals surface area (Å²) in [6.45, 7) is 37.1. The maximum absolute atomic E-state index is 7.82. The second-order valence-electron chi connectivity index (χ2n) is 20.0. The van der Waals surface area contributed by atoms with Crippen LogP contribution in [-0.2, 0) is 52.8 Å². The summed E-state index contributed by atoms with van der Waals surface area (Å²) >= 11 is -3.24. The van der Waals surface area contributed by atoms with Gasteiger partial charge in [-0.05, 0) is 0 Å². The Morgan fingerprint density at radius 1 is 0.304 bits per heavy atom. The van der Waals surface area contributed by atoms with E-state index >= 15 is 0 Å². The van der Waals surface area contributed by atoms with Crippen LogP contribution in [-0.4, -0.2) is 84.3 Å². The average molecular weight is 992 g/mol. The molecule has 0 radical (unpaired) electrons. The second kappa shape index (κ2) is 17.7. The molecule has 0 aliphatic carbocycles. The van der Waals surface area contributed by atoms with Crippen LogP contribution >= 0.6 is 0 Å². The minimum absolute atomic E-state index is 0.0987. The summed E-state index contributed by atoms with van der Waals surface area (Å²) in [5.74, 6) is 0.785. The minimum atomic E-state index is -4.40. The standard InChI is InChI=1S/C34H78GeO13Si8/c1-18-35(19-2,20-3)36-56-46-53(25-32(12)13)40-50(22-29(6)7)37-49(21-28(4)5)38-51(42-53,23-30(8)9)44-55(48-56,27-34(16)17)45-52(39-49,24-31(10)11)43-54(41-50,47-56)26-33(14)15/h28-34H,18-27H2,1-17H3. The summed E-state index contributed by atoms with van der Waals surface area (Å²) in [6, 6.07) is 3.28. The van der Waals surface area contributed by atoms with Crippen LogP contribution in [0.15, 0.2) is 0 Å². The van der Waals surface area contributed by atoms with Crippen LogP contribution in [0.1, 0.15) is 118 Å². The number of rotatable bonds is 19. The molecule has 6 aliphatic heterocycles. The molecule has 0 unspecified atom stereocenters. The first-order valence-electron chi connectivity index (χ1n) is 21.9. The summed E-state index contributed by atoms with van der Waals surface area (Å²) in [5.41, 5.74) is 0. The predicted molar refractivity (Wildman–Crippen MR) is 235 cm³/mol. The van der Waals surface area contributed by atoms with Gasteiger partial charge in [0.15, 0.2) is 0 Å². The summed E-state index contributed by atoms with van der Waals surface area (Å²) < 4.78 is 101. The second-order valence-corrected chi connectivity index (χ2v) is 54.2. The Hall–Kier alpha value is 1.76. The normalized spacial score (nSPS) is 40.1. The van der Waals surface area contributed by atoms with Crippen LogP contribution in [0.5, 0.6) is 0 Å². The summed E-state index contributed by atoms with van der Waals surface area (Å²) in [5, 5.41) is 2.67. The van der Waals surface area contributed by atoms with Gasteiger partial charge in [-0.2, -0.15) is 0 Å². The van der Waals surface area contributed by atoms with Crippen LogP contribution in [0.2, 0.25) is 58.1 Å². The van der Waals surface area contributed by atoms with Gasteiger partial charge >= 0.3 is 354 Å². The van der Waals surface area contributed by atoms with Gasteiger partial charge in [0.25, 0.3) is 0 Å². The fourth-order valence-corrected chi connectivity index (χ4v) is 70.5. The monoisotopic (exact) mass is 992 g/mol. The zero-order chi connectivity index (χ0) is 41.8. The summed E-state index contributed by atoms with van der Waals surface area (Å²) in [6.07, 6.45) is 0. The molecule has 0 spiro atoms. The molecule has 0 aromatic rings. The molecular weight excluding hydrogens is 914 g/mol. The van der Waals surface area contributed by atoms with Crippen molar-refractivity contribution in [2.45, 2.75) is 176 Å². The third-order valence-corrected chi connectivity index (χ3v) is 62.0. The van der Waals surface area contributed by atoms with Crippen molar-refractivity contribution in [3.63, 3.8) is 0 Å². The van der Waals surface area contributed by atoms with Crippen molar-refractivity contribution in [2.24, 2.45) is 41.4 Å². The first-order valence-corrected chi connectivity index (χ1v) is 42.4. The van der Waals surface area contributed by atoms with Gasteiger partial charge in [-0.25, -0.2) is 0 Å². The van der Waals surface area contributed by atoms with Crippen LogP contribution in [0, 0.1) is 41.4 Å². The van der Waals surface area contributed by atoms with E-state index in [0.717, 1.165) is 15.8 Å². The van der Waals surface area contributed by atoms with E-state index in [1.165, 1.54) is 0 Å². The van der Waals surface area contributed by atoms with Crippen LogP contribution in [0.3, 0.4) is 0 Å². The average Bonchev–Trinajstić information content (AvgIpc) is 2.93. The SMILES string of the molecule is C[CH2][Ge]([CH2]C)([CH2]C)[O][Si]12O[Si]3(CC(C)C)O[Si]4(CC(C)C)O[Si]5(CC(C)C)O[Si](CC(C)C)(O3)O[Si](CC(C)C)(O[Si](CC(C)C)(O5)O[Si](CC(C)C)(O4)O1)O2. The Morgan fingerprint density at radius 3 is 0.607 bits per heavy atom. The summed E-state index contributed by atoms with van der Waals surface area (Å²) in [7, 11) is -32.2. The first-order chi connectivity index (χ1) is 25.8.